The Hall–Kier alpha value is -1.69. The Bertz CT molecular complexity index is 407. The topological polar surface area (TPSA) is 79.5 Å². The van der Waals surface area contributed by atoms with Crippen LogP contribution in [0.5, 0.6) is 0 Å². The first-order valence-corrected chi connectivity index (χ1v) is 5.61. The molecule has 0 spiro atoms. The summed E-state index contributed by atoms with van der Waals surface area (Å²) in [6, 6.07) is 3.11. The maximum absolute atomic E-state index is 10.5. The van der Waals surface area contributed by atoms with Gasteiger partial charge in [0.2, 0.25) is 0 Å². The second-order valence-electron chi connectivity index (χ2n) is 4.41. The standard InChI is InChI=1S/C11H15N3O3/c1-8-7-13(5-4-10(8)15)11-3-2-9(6-12-11)14(16)17/h2-3,6,8,10,15H,4-5,7H2,1H3. The molecule has 1 fully saturated rings. The van der Waals surface area contributed by atoms with Crippen molar-refractivity contribution in [2.24, 2.45) is 5.92 Å². The van der Waals surface area contributed by atoms with Crippen molar-refractivity contribution in [3.63, 3.8) is 0 Å². The van der Waals surface area contributed by atoms with Crippen molar-refractivity contribution in [1.82, 2.24) is 4.98 Å². The van der Waals surface area contributed by atoms with Crippen LogP contribution in [0.2, 0.25) is 0 Å². The highest BCUT2D eigenvalue weighted by atomic mass is 16.6. The van der Waals surface area contributed by atoms with Gasteiger partial charge in [0.15, 0.2) is 0 Å². The van der Waals surface area contributed by atoms with Gasteiger partial charge in [-0.05, 0) is 18.4 Å². The molecule has 6 nitrogen and oxygen atoms in total. The molecule has 2 unspecified atom stereocenters. The maximum Gasteiger partial charge on any atom is 0.287 e. The average Bonchev–Trinajstić information content (AvgIpc) is 2.33. The molecule has 0 aliphatic carbocycles. The normalized spacial score (nSPS) is 24.7. The van der Waals surface area contributed by atoms with Crippen LogP contribution in [0.15, 0.2) is 18.3 Å². The van der Waals surface area contributed by atoms with E-state index < -0.39 is 4.92 Å². The zero-order valence-corrected chi connectivity index (χ0v) is 9.61. The van der Waals surface area contributed by atoms with Crippen LogP contribution in [0, 0.1) is 16.0 Å². The quantitative estimate of drug-likeness (QED) is 0.617. The molecular formula is C11H15N3O3. The second-order valence-corrected chi connectivity index (χ2v) is 4.41. The number of aromatic nitrogens is 1. The number of anilines is 1. The molecule has 1 aromatic rings. The molecule has 1 aliphatic rings. The molecule has 0 saturated carbocycles. The molecule has 0 bridgehead atoms. The number of nitrogens with zero attached hydrogens (tertiary/aromatic N) is 3. The van der Waals surface area contributed by atoms with E-state index in [0.717, 1.165) is 18.9 Å². The zero-order valence-electron chi connectivity index (χ0n) is 9.61. The predicted octanol–water partition coefficient (Wildman–Crippen LogP) is 1.20. The summed E-state index contributed by atoms with van der Waals surface area (Å²) in [6.45, 7) is 3.45. The third-order valence-corrected chi connectivity index (χ3v) is 3.13. The monoisotopic (exact) mass is 237 g/mol. The molecule has 6 heteroatoms. The zero-order chi connectivity index (χ0) is 12.4. The minimum atomic E-state index is -0.459. The van der Waals surface area contributed by atoms with Gasteiger partial charge < -0.3 is 10.0 Å². The van der Waals surface area contributed by atoms with Gasteiger partial charge in [0.1, 0.15) is 12.0 Å². The number of nitro groups is 1. The number of hydrogen-bond acceptors (Lipinski definition) is 5. The summed E-state index contributed by atoms with van der Waals surface area (Å²) in [5.41, 5.74) is -0.00107. The predicted molar refractivity (Wildman–Crippen MR) is 62.9 cm³/mol. The Morgan fingerprint density at radius 1 is 1.59 bits per heavy atom. The van der Waals surface area contributed by atoms with Gasteiger partial charge in [-0.15, -0.1) is 0 Å². The van der Waals surface area contributed by atoms with Crippen molar-refractivity contribution >= 4 is 11.5 Å². The van der Waals surface area contributed by atoms with E-state index in [1.807, 2.05) is 11.8 Å². The highest BCUT2D eigenvalue weighted by Gasteiger charge is 2.25. The van der Waals surface area contributed by atoms with Gasteiger partial charge >= 0.3 is 0 Å². The lowest BCUT2D eigenvalue weighted by Gasteiger charge is -2.35. The van der Waals surface area contributed by atoms with E-state index in [-0.39, 0.29) is 17.7 Å². The summed E-state index contributed by atoms with van der Waals surface area (Å²) in [5.74, 6) is 0.926. The molecule has 92 valence electrons. The number of piperidine rings is 1. The Labute approximate surface area is 99.0 Å². The average molecular weight is 237 g/mol. The Morgan fingerprint density at radius 2 is 2.35 bits per heavy atom. The lowest BCUT2D eigenvalue weighted by molar-refractivity contribution is -0.385. The summed E-state index contributed by atoms with van der Waals surface area (Å²) in [4.78, 5) is 16.2. The first-order chi connectivity index (χ1) is 8.08. The fraction of sp³-hybridized carbons (Fsp3) is 0.545. The van der Waals surface area contributed by atoms with Crippen molar-refractivity contribution in [3.05, 3.63) is 28.4 Å². The summed E-state index contributed by atoms with van der Waals surface area (Å²) in [6.07, 6.45) is 1.72. The van der Waals surface area contributed by atoms with Crippen molar-refractivity contribution in [2.75, 3.05) is 18.0 Å². The van der Waals surface area contributed by atoms with Gasteiger partial charge in [0.25, 0.3) is 5.69 Å². The lowest BCUT2D eigenvalue weighted by Crippen LogP contribution is -2.42. The van der Waals surface area contributed by atoms with E-state index in [1.165, 1.54) is 12.3 Å². The van der Waals surface area contributed by atoms with Crippen molar-refractivity contribution in [2.45, 2.75) is 19.4 Å². The summed E-state index contributed by atoms with van der Waals surface area (Å²) in [7, 11) is 0. The lowest BCUT2D eigenvalue weighted by atomic mass is 9.97. The Balaban J connectivity index is 2.10. The van der Waals surface area contributed by atoms with Crippen LogP contribution in [0.25, 0.3) is 0 Å². The van der Waals surface area contributed by atoms with Gasteiger partial charge in [-0.3, -0.25) is 10.1 Å². The SMILES string of the molecule is CC1CN(c2ccc([N+](=O)[O-])cn2)CCC1O. The van der Waals surface area contributed by atoms with Crippen LogP contribution in [0.3, 0.4) is 0 Å². The van der Waals surface area contributed by atoms with E-state index in [0.29, 0.717) is 6.42 Å². The smallest absolute Gasteiger partial charge is 0.287 e. The molecule has 17 heavy (non-hydrogen) atoms. The summed E-state index contributed by atoms with van der Waals surface area (Å²) >= 11 is 0. The van der Waals surface area contributed by atoms with E-state index in [2.05, 4.69) is 4.98 Å². The van der Waals surface area contributed by atoms with Gasteiger partial charge in [0, 0.05) is 19.2 Å². The molecule has 0 amide bonds. The second kappa shape index (κ2) is 4.67. The molecule has 1 aromatic heterocycles. The largest absolute Gasteiger partial charge is 0.393 e. The first kappa shape index (κ1) is 11.8. The van der Waals surface area contributed by atoms with Gasteiger partial charge in [-0.25, -0.2) is 4.98 Å². The fourth-order valence-electron chi connectivity index (χ4n) is 2.01. The molecule has 0 radical (unpaired) electrons. The van der Waals surface area contributed by atoms with Gasteiger partial charge in [-0.2, -0.15) is 0 Å². The van der Waals surface area contributed by atoms with Crippen molar-refractivity contribution in [1.29, 1.82) is 0 Å². The fourth-order valence-corrected chi connectivity index (χ4v) is 2.01. The summed E-state index contributed by atoms with van der Waals surface area (Å²) in [5, 5.41) is 20.1. The van der Waals surface area contributed by atoms with E-state index in [4.69, 9.17) is 0 Å². The molecule has 0 aromatic carbocycles. The van der Waals surface area contributed by atoms with Crippen molar-refractivity contribution in [3.8, 4) is 0 Å². The van der Waals surface area contributed by atoms with E-state index in [9.17, 15) is 15.2 Å². The van der Waals surface area contributed by atoms with Crippen LogP contribution in [0.1, 0.15) is 13.3 Å². The van der Waals surface area contributed by atoms with Gasteiger partial charge in [0.05, 0.1) is 11.0 Å². The molecule has 1 saturated heterocycles. The highest BCUT2D eigenvalue weighted by Crippen LogP contribution is 2.22. The molecule has 2 rings (SSSR count). The molecular weight excluding hydrogens is 222 g/mol. The van der Waals surface area contributed by atoms with Crippen LogP contribution in [-0.4, -0.2) is 34.2 Å². The molecule has 2 atom stereocenters. The van der Waals surface area contributed by atoms with Crippen LogP contribution < -0.4 is 4.90 Å². The highest BCUT2D eigenvalue weighted by molar-refractivity contribution is 5.43. The molecule has 2 heterocycles. The summed E-state index contributed by atoms with van der Waals surface area (Å²) < 4.78 is 0. The third kappa shape index (κ3) is 2.52. The Morgan fingerprint density at radius 3 is 2.88 bits per heavy atom. The Kier molecular flexibility index (Phi) is 3.23. The maximum atomic E-state index is 10.5. The number of aliphatic hydroxyl groups excluding tert-OH is 1. The molecule has 1 aliphatic heterocycles. The van der Waals surface area contributed by atoms with Crippen LogP contribution in [-0.2, 0) is 0 Å². The van der Waals surface area contributed by atoms with Crippen LogP contribution in [0.4, 0.5) is 11.5 Å². The van der Waals surface area contributed by atoms with Crippen LogP contribution >= 0.6 is 0 Å². The molecule has 1 N–H and O–H groups in total. The third-order valence-electron chi connectivity index (χ3n) is 3.13. The van der Waals surface area contributed by atoms with Crippen molar-refractivity contribution < 1.29 is 10.0 Å². The van der Waals surface area contributed by atoms with Gasteiger partial charge in [-0.1, -0.05) is 6.92 Å². The van der Waals surface area contributed by atoms with E-state index in [1.54, 1.807) is 6.07 Å². The number of rotatable bonds is 2. The minimum Gasteiger partial charge on any atom is -0.393 e. The first-order valence-electron chi connectivity index (χ1n) is 5.61. The number of aliphatic hydroxyl groups is 1. The minimum absolute atomic E-state index is 0.00107. The van der Waals surface area contributed by atoms with E-state index >= 15 is 0 Å². The number of pyridine rings is 1. The number of hydrogen-bond donors (Lipinski definition) is 1.